The molecule has 1 saturated carbocycles. The molecule has 1 fully saturated rings. The van der Waals surface area contributed by atoms with E-state index in [1.165, 1.54) is 12.0 Å². The highest BCUT2D eigenvalue weighted by atomic mass is 32.2. The SMILES string of the molecule is NC1CCC(c2ccccc2)CC1Sc1nccs1. The highest BCUT2D eigenvalue weighted by Crippen LogP contribution is 2.40. The van der Waals surface area contributed by atoms with Crippen LogP contribution in [0.2, 0.25) is 0 Å². The van der Waals surface area contributed by atoms with Crippen LogP contribution in [0.1, 0.15) is 30.7 Å². The van der Waals surface area contributed by atoms with Gasteiger partial charge < -0.3 is 5.73 Å². The van der Waals surface area contributed by atoms with Crippen LogP contribution in [-0.4, -0.2) is 16.3 Å². The Labute approximate surface area is 122 Å². The fourth-order valence-electron chi connectivity index (χ4n) is 2.71. The molecule has 0 bridgehead atoms. The molecule has 0 aliphatic heterocycles. The van der Waals surface area contributed by atoms with E-state index in [4.69, 9.17) is 5.73 Å². The monoisotopic (exact) mass is 290 g/mol. The molecule has 19 heavy (non-hydrogen) atoms. The van der Waals surface area contributed by atoms with Crippen molar-refractivity contribution in [3.05, 3.63) is 47.5 Å². The number of aromatic nitrogens is 1. The van der Waals surface area contributed by atoms with Crippen LogP contribution in [0.3, 0.4) is 0 Å². The molecule has 1 aliphatic rings. The number of nitrogens with zero attached hydrogens (tertiary/aromatic N) is 1. The van der Waals surface area contributed by atoms with Gasteiger partial charge in [-0.05, 0) is 30.7 Å². The lowest BCUT2D eigenvalue weighted by molar-refractivity contribution is 0.406. The highest BCUT2D eigenvalue weighted by Gasteiger charge is 2.30. The first-order valence-electron chi connectivity index (χ1n) is 6.69. The lowest BCUT2D eigenvalue weighted by Gasteiger charge is -2.33. The van der Waals surface area contributed by atoms with Gasteiger partial charge in [0.05, 0.1) is 0 Å². The van der Waals surface area contributed by atoms with Crippen molar-refractivity contribution in [1.82, 2.24) is 4.98 Å². The Morgan fingerprint density at radius 3 is 2.79 bits per heavy atom. The third kappa shape index (κ3) is 3.19. The standard InChI is InChI=1S/C15H18N2S2/c16-13-7-6-12(11-4-2-1-3-5-11)10-14(13)19-15-17-8-9-18-15/h1-5,8-9,12-14H,6-7,10,16H2. The Kier molecular flexibility index (Phi) is 4.21. The van der Waals surface area contributed by atoms with Gasteiger partial charge in [0.1, 0.15) is 4.34 Å². The van der Waals surface area contributed by atoms with Crippen LogP contribution in [-0.2, 0) is 0 Å². The molecule has 0 amide bonds. The summed E-state index contributed by atoms with van der Waals surface area (Å²) in [4.78, 5) is 4.37. The summed E-state index contributed by atoms with van der Waals surface area (Å²) >= 11 is 3.57. The molecule has 1 aromatic heterocycles. The van der Waals surface area contributed by atoms with E-state index in [2.05, 4.69) is 35.3 Å². The third-order valence-electron chi connectivity index (χ3n) is 3.78. The Hall–Kier alpha value is -0.840. The van der Waals surface area contributed by atoms with Crippen LogP contribution in [0, 0.1) is 0 Å². The maximum Gasteiger partial charge on any atom is 0.150 e. The Bertz CT molecular complexity index is 498. The lowest BCUT2D eigenvalue weighted by atomic mass is 9.82. The third-order valence-corrected chi connectivity index (χ3v) is 6.07. The van der Waals surface area contributed by atoms with Crippen molar-refractivity contribution in [3.63, 3.8) is 0 Å². The summed E-state index contributed by atoms with van der Waals surface area (Å²) in [6.45, 7) is 0. The molecule has 1 aliphatic carbocycles. The summed E-state index contributed by atoms with van der Waals surface area (Å²) in [6, 6.07) is 11.1. The quantitative estimate of drug-likeness (QED) is 0.932. The number of hydrogen-bond donors (Lipinski definition) is 1. The molecular weight excluding hydrogens is 272 g/mol. The number of hydrogen-bond acceptors (Lipinski definition) is 4. The van der Waals surface area contributed by atoms with E-state index in [0.29, 0.717) is 17.2 Å². The van der Waals surface area contributed by atoms with Crippen LogP contribution in [0.15, 0.2) is 46.2 Å². The summed E-state index contributed by atoms with van der Waals surface area (Å²) in [5.41, 5.74) is 7.75. The van der Waals surface area contributed by atoms with Crippen molar-refractivity contribution in [2.24, 2.45) is 5.73 Å². The van der Waals surface area contributed by atoms with E-state index in [1.54, 1.807) is 11.3 Å². The predicted molar refractivity (Wildman–Crippen MR) is 82.8 cm³/mol. The van der Waals surface area contributed by atoms with E-state index in [9.17, 15) is 0 Å². The van der Waals surface area contributed by atoms with Crippen LogP contribution in [0.5, 0.6) is 0 Å². The minimum Gasteiger partial charge on any atom is -0.327 e. The fourth-order valence-corrected chi connectivity index (χ4v) is 4.85. The molecular formula is C15H18N2S2. The van der Waals surface area contributed by atoms with Crippen LogP contribution < -0.4 is 5.73 Å². The molecule has 100 valence electrons. The molecule has 3 rings (SSSR count). The second-order valence-electron chi connectivity index (χ2n) is 5.04. The zero-order valence-electron chi connectivity index (χ0n) is 10.7. The van der Waals surface area contributed by atoms with Gasteiger partial charge in [0.25, 0.3) is 0 Å². The minimum absolute atomic E-state index is 0.300. The first kappa shape index (κ1) is 13.2. The highest BCUT2D eigenvalue weighted by molar-refractivity contribution is 8.01. The molecule has 4 heteroatoms. The second-order valence-corrected chi connectivity index (χ2v) is 7.42. The van der Waals surface area contributed by atoms with E-state index < -0.39 is 0 Å². The van der Waals surface area contributed by atoms with Gasteiger partial charge in [-0.25, -0.2) is 4.98 Å². The molecule has 2 N–H and O–H groups in total. The summed E-state index contributed by atoms with van der Waals surface area (Å²) in [5.74, 6) is 0.651. The molecule has 3 atom stereocenters. The largest absolute Gasteiger partial charge is 0.327 e. The van der Waals surface area contributed by atoms with Gasteiger partial charge in [-0.2, -0.15) is 0 Å². The van der Waals surface area contributed by atoms with Crippen molar-refractivity contribution in [3.8, 4) is 0 Å². The number of nitrogens with two attached hydrogens (primary N) is 1. The van der Waals surface area contributed by atoms with Crippen molar-refractivity contribution in [2.45, 2.75) is 40.8 Å². The van der Waals surface area contributed by atoms with E-state index >= 15 is 0 Å². The number of benzene rings is 1. The van der Waals surface area contributed by atoms with Crippen molar-refractivity contribution in [2.75, 3.05) is 0 Å². The predicted octanol–water partition coefficient (Wildman–Crippen LogP) is 3.90. The van der Waals surface area contributed by atoms with Crippen molar-refractivity contribution in [1.29, 1.82) is 0 Å². The number of thioether (sulfide) groups is 1. The minimum atomic E-state index is 0.300. The molecule has 1 heterocycles. The maximum absolute atomic E-state index is 6.29. The molecule has 2 aromatic rings. The van der Waals surface area contributed by atoms with Gasteiger partial charge in [0.2, 0.25) is 0 Å². The van der Waals surface area contributed by atoms with Gasteiger partial charge >= 0.3 is 0 Å². The molecule has 2 nitrogen and oxygen atoms in total. The first-order chi connectivity index (χ1) is 9.33. The average Bonchev–Trinajstić information content (AvgIpc) is 2.95. The van der Waals surface area contributed by atoms with E-state index in [1.807, 2.05) is 23.3 Å². The topological polar surface area (TPSA) is 38.9 Å². The summed E-state index contributed by atoms with van der Waals surface area (Å²) < 4.78 is 1.15. The number of rotatable bonds is 3. The smallest absolute Gasteiger partial charge is 0.150 e. The zero-order valence-corrected chi connectivity index (χ0v) is 12.4. The van der Waals surface area contributed by atoms with Crippen molar-refractivity contribution >= 4 is 23.1 Å². The van der Waals surface area contributed by atoms with Gasteiger partial charge in [-0.3, -0.25) is 0 Å². The van der Waals surface area contributed by atoms with E-state index in [-0.39, 0.29) is 0 Å². The van der Waals surface area contributed by atoms with E-state index in [0.717, 1.165) is 17.2 Å². The van der Waals surface area contributed by atoms with Gasteiger partial charge in [-0.15, -0.1) is 11.3 Å². The fraction of sp³-hybridized carbons (Fsp3) is 0.400. The Balaban J connectivity index is 1.70. The second kappa shape index (κ2) is 6.07. The average molecular weight is 290 g/mol. The van der Waals surface area contributed by atoms with Gasteiger partial charge in [0.15, 0.2) is 0 Å². The molecule has 3 unspecified atom stereocenters. The zero-order chi connectivity index (χ0) is 13.1. The molecule has 0 saturated heterocycles. The maximum atomic E-state index is 6.29. The summed E-state index contributed by atoms with van der Waals surface area (Å²) in [5, 5.41) is 2.52. The van der Waals surface area contributed by atoms with Crippen molar-refractivity contribution < 1.29 is 0 Å². The summed E-state index contributed by atoms with van der Waals surface area (Å²) in [6.07, 6.45) is 5.36. The first-order valence-corrected chi connectivity index (χ1v) is 8.45. The van der Waals surface area contributed by atoms with Gasteiger partial charge in [0, 0.05) is 22.9 Å². The molecule has 0 radical (unpaired) electrons. The summed E-state index contributed by atoms with van der Waals surface area (Å²) in [7, 11) is 0. The van der Waals surface area contributed by atoms with Crippen LogP contribution >= 0.6 is 23.1 Å². The van der Waals surface area contributed by atoms with Crippen LogP contribution in [0.25, 0.3) is 0 Å². The lowest BCUT2D eigenvalue weighted by Crippen LogP contribution is -2.37. The number of thiazole rings is 1. The van der Waals surface area contributed by atoms with Crippen LogP contribution in [0.4, 0.5) is 0 Å². The Morgan fingerprint density at radius 2 is 2.05 bits per heavy atom. The Morgan fingerprint density at radius 1 is 1.21 bits per heavy atom. The normalized spacial score (nSPS) is 27.3. The molecule has 0 spiro atoms. The molecule has 1 aromatic carbocycles. The van der Waals surface area contributed by atoms with Gasteiger partial charge in [-0.1, -0.05) is 42.1 Å².